The maximum absolute atomic E-state index is 13.0. The number of aliphatic hydroxyl groups excluding tert-OH is 5. The zero-order valence-corrected chi connectivity index (χ0v) is 49.2. The molecule has 0 saturated carbocycles. The van der Waals surface area contributed by atoms with E-state index in [1.807, 2.05) is 19.1 Å². The van der Waals surface area contributed by atoms with Crippen LogP contribution in [0.15, 0.2) is 72.9 Å². The van der Waals surface area contributed by atoms with Crippen molar-refractivity contribution in [1.82, 2.24) is 5.32 Å². The maximum atomic E-state index is 13.0. The number of hydrogen-bond donors (Lipinski definition) is 6. The molecule has 0 bridgehead atoms. The summed E-state index contributed by atoms with van der Waals surface area (Å²) in [6, 6.07) is -0.835. The minimum Gasteiger partial charge on any atom is -0.466 e. The molecule has 0 aliphatic carbocycles. The summed E-state index contributed by atoms with van der Waals surface area (Å²) >= 11 is 0. The SMILES string of the molecule is C/C=C/CC/C=C/CC/C=C/C(O)C(COC1OC(CO)C(O)C(O)C1O)NC(=O)CCCCCCCCCCCCCCC/C=C\C/C=C\CCCCCCCCCCCOC(=O)CCCCCCC/C=C\CCCC. The standard InChI is InChI=1S/C66H117NO10/c1-3-5-7-9-11-13-33-38-42-46-50-54-62(71)75-55-51-47-43-39-35-32-30-28-26-24-22-20-18-16-14-15-17-19-21-23-25-27-29-31-34-37-41-45-49-53-61(70)67-58(59(69)52-48-44-40-36-12-10-8-6-4-2)57-76-66-65(74)64(73)63(72)60(56-68)77-66/h4,6,9,11-12,14,16,20,22,36,48,52,58-60,63-66,68-69,72-74H,3,5,7-8,10,13,15,17-19,21,23-35,37-47,49-51,53-57H2,1-2H3,(H,67,70)/b6-4+,11-9-,16-14-,22-20-,36-12+,52-48+. The van der Waals surface area contributed by atoms with Crippen LogP contribution < -0.4 is 5.32 Å². The molecule has 0 aromatic heterocycles. The van der Waals surface area contributed by atoms with Gasteiger partial charge in [-0.25, -0.2) is 0 Å². The van der Waals surface area contributed by atoms with E-state index in [2.05, 4.69) is 66.9 Å². The molecule has 77 heavy (non-hydrogen) atoms. The Labute approximate surface area is 471 Å². The topological polar surface area (TPSA) is 175 Å². The van der Waals surface area contributed by atoms with Gasteiger partial charge in [0.05, 0.1) is 32.0 Å². The summed E-state index contributed by atoms with van der Waals surface area (Å²) in [7, 11) is 0. The Hall–Kier alpha value is -2.90. The summed E-state index contributed by atoms with van der Waals surface area (Å²) in [5.74, 6) is -0.211. The zero-order valence-electron chi connectivity index (χ0n) is 49.2. The predicted octanol–water partition coefficient (Wildman–Crippen LogP) is 15.2. The molecule has 1 rings (SSSR count). The molecule has 6 N–H and O–H groups in total. The summed E-state index contributed by atoms with van der Waals surface area (Å²) in [6.07, 6.45) is 63.4. The summed E-state index contributed by atoms with van der Waals surface area (Å²) < 4.78 is 16.6. The van der Waals surface area contributed by atoms with Crippen LogP contribution in [-0.4, -0.2) is 100 Å². The second-order valence-electron chi connectivity index (χ2n) is 21.7. The van der Waals surface area contributed by atoms with Crippen LogP contribution in [0.1, 0.15) is 271 Å². The first-order valence-corrected chi connectivity index (χ1v) is 31.7. The minimum absolute atomic E-state index is 0.00927. The Morgan fingerprint density at radius 2 is 0.935 bits per heavy atom. The van der Waals surface area contributed by atoms with Crippen molar-refractivity contribution in [3.05, 3.63) is 72.9 Å². The third kappa shape index (κ3) is 44.5. The quantitative estimate of drug-likeness (QED) is 0.0195. The van der Waals surface area contributed by atoms with Gasteiger partial charge in [0, 0.05) is 12.8 Å². The van der Waals surface area contributed by atoms with Crippen LogP contribution in [0.5, 0.6) is 0 Å². The van der Waals surface area contributed by atoms with E-state index in [-0.39, 0.29) is 18.5 Å². The highest BCUT2D eigenvalue weighted by Crippen LogP contribution is 2.23. The number of aliphatic hydroxyl groups is 5. The molecule has 7 unspecified atom stereocenters. The Morgan fingerprint density at radius 3 is 1.44 bits per heavy atom. The van der Waals surface area contributed by atoms with Gasteiger partial charge in [-0.1, -0.05) is 228 Å². The summed E-state index contributed by atoms with van der Waals surface area (Å²) in [5.41, 5.74) is 0. The Bertz CT molecular complexity index is 1510. The lowest BCUT2D eigenvalue weighted by Crippen LogP contribution is -2.60. The molecule has 11 heteroatoms. The molecule has 1 aliphatic rings. The Kier molecular flexibility index (Phi) is 51.5. The van der Waals surface area contributed by atoms with E-state index in [1.165, 1.54) is 173 Å². The number of amides is 1. The van der Waals surface area contributed by atoms with Crippen LogP contribution in [-0.2, 0) is 23.8 Å². The molecule has 1 aliphatic heterocycles. The monoisotopic (exact) mass is 1080 g/mol. The van der Waals surface area contributed by atoms with Gasteiger partial charge in [0.2, 0.25) is 5.91 Å². The molecule has 446 valence electrons. The van der Waals surface area contributed by atoms with E-state index in [0.717, 1.165) is 70.6 Å². The molecule has 0 radical (unpaired) electrons. The number of ether oxygens (including phenoxy) is 3. The van der Waals surface area contributed by atoms with Crippen molar-refractivity contribution in [3.63, 3.8) is 0 Å². The van der Waals surface area contributed by atoms with Gasteiger partial charge in [0.25, 0.3) is 0 Å². The lowest BCUT2D eigenvalue weighted by Gasteiger charge is -2.40. The molecular weight excluding hydrogens is 967 g/mol. The molecule has 1 fully saturated rings. The fourth-order valence-corrected chi connectivity index (χ4v) is 9.54. The van der Waals surface area contributed by atoms with E-state index in [1.54, 1.807) is 6.08 Å². The second kappa shape index (κ2) is 55.0. The van der Waals surface area contributed by atoms with Crippen LogP contribution in [0.3, 0.4) is 0 Å². The fourth-order valence-electron chi connectivity index (χ4n) is 9.54. The lowest BCUT2D eigenvalue weighted by atomic mass is 9.99. The van der Waals surface area contributed by atoms with Gasteiger partial charge in [0.1, 0.15) is 24.4 Å². The van der Waals surface area contributed by atoms with Crippen LogP contribution in [0.25, 0.3) is 0 Å². The van der Waals surface area contributed by atoms with Crippen molar-refractivity contribution in [2.24, 2.45) is 0 Å². The summed E-state index contributed by atoms with van der Waals surface area (Å²) in [6.45, 7) is 4.05. The maximum Gasteiger partial charge on any atom is 0.305 e. The van der Waals surface area contributed by atoms with Crippen molar-refractivity contribution in [2.45, 2.75) is 314 Å². The molecule has 0 aromatic rings. The molecule has 1 amide bonds. The van der Waals surface area contributed by atoms with E-state index in [4.69, 9.17) is 14.2 Å². The number of carbonyl (C=O) groups is 2. The highest BCUT2D eigenvalue weighted by Gasteiger charge is 2.44. The number of allylic oxidation sites excluding steroid dienone is 11. The van der Waals surface area contributed by atoms with Crippen LogP contribution >= 0.6 is 0 Å². The molecule has 7 atom stereocenters. The van der Waals surface area contributed by atoms with Crippen molar-refractivity contribution in [3.8, 4) is 0 Å². The van der Waals surface area contributed by atoms with Gasteiger partial charge in [-0.15, -0.1) is 0 Å². The number of nitrogens with one attached hydrogen (secondary N) is 1. The molecule has 11 nitrogen and oxygen atoms in total. The fraction of sp³-hybridized carbons (Fsp3) is 0.788. The molecule has 0 spiro atoms. The summed E-state index contributed by atoms with van der Waals surface area (Å²) in [5, 5.41) is 54.2. The summed E-state index contributed by atoms with van der Waals surface area (Å²) in [4.78, 5) is 25.0. The number of hydrogen-bond acceptors (Lipinski definition) is 10. The third-order valence-corrected chi connectivity index (χ3v) is 14.6. The van der Waals surface area contributed by atoms with Crippen molar-refractivity contribution < 1.29 is 49.3 Å². The number of esters is 1. The second-order valence-corrected chi connectivity index (χ2v) is 21.7. The Morgan fingerprint density at radius 1 is 0.506 bits per heavy atom. The number of carbonyl (C=O) groups excluding carboxylic acids is 2. The highest BCUT2D eigenvalue weighted by molar-refractivity contribution is 5.76. The van der Waals surface area contributed by atoms with Crippen molar-refractivity contribution in [2.75, 3.05) is 19.8 Å². The molecular formula is C66H117NO10. The third-order valence-electron chi connectivity index (χ3n) is 14.6. The van der Waals surface area contributed by atoms with Crippen LogP contribution in [0, 0.1) is 0 Å². The smallest absolute Gasteiger partial charge is 0.305 e. The minimum atomic E-state index is -1.58. The number of rotatable bonds is 54. The van der Waals surface area contributed by atoms with Gasteiger partial charge in [-0.05, 0) is 103 Å². The van der Waals surface area contributed by atoms with E-state index >= 15 is 0 Å². The first-order chi connectivity index (χ1) is 37.7. The molecule has 1 heterocycles. The zero-order chi connectivity index (χ0) is 55.9. The molecule has 1 saturated heterocycles. The Balaban J connectivity index is 1.98. The average Bonchev–Trinajstić information content (AvgIpc) is 3.43. The van der Waals surface area contributed by atoms with Crippen molar-refractivity contribution >= 4 is 11.9 Å². The van der Waals surface area contributed by atoms with Gasteiger partial charge < -0.3 is 45.1 Å². The van der Waals surface area contributed by atoms with E-state index < -0.39 is 49.5 Å². The largest absolute Gasteiger partial charge is 0.466 e. The lowest BCUT2D eigenvalue weighted by molar-refractivity contribution is -0.302. The first-order valence-electron chi connectivity index (χ1n) is 31.7. The van der Waals surface area contributed by atoms with Gasteiger partial charge in [0.15, 0.2) is 6.29 Å². The number of unbranched alkanes of at least 4 members (excludes halogenated alkanes) is 31. The van der Waals surface area contributed by atoms with Gasteiger partial charge >= 0.3 is 5.97 Å². The van der Waals surface area contributed by atoms with E-state index in [9.17, 15) is 35.1 Å². The normalized spacial score (nSPS) is 19.1. The van der Waals surface area contributed by atoms with Crippen LogP contribution in [0.2, 0.25) is 0 Å². The van der Waals surface area contributed by atoms with E-state index in [0.29, 0.717) is 19.4 Å². The average molecular weight is 1080 g/mol. The first kappa shape index (κ1) is 72.1. The van der Waals surface area contributed by atoms with Gasteiger partial charge in [-0.2, -0.15) is 0 Å². The van der Waals surface area contributed by atoms with Crippen molar-refractivity contribution in [1.29, 1.82) is 0 Å². The van der Waals surface area contributed by atoms with Gasteiger partial charge in [-0.3, -0.25) is 9.59 Å². The molecule has 0 aromatic carbocycles. The highest BCUT2D eigenvalue weighted by atomic mass is 16.7. The van der Waals surface area contributed by atoms with Crippen LogP contribution in [0.4, 0.5) is 0 Å². The predicted molar refractivity (Wildman–Crippen MR) is 319 cm³/mol.